The number of halogens is 3. The highest BCUT2D eigenvalue weighted by Gasteiger charge is 2.44. The summed E-state index contributed by atoms with van der Waals surface area (Å²) in [5.74, 6) is 0.0796. The lowest BCUT2D eigenvalue weighted by Gasteiger charge is -2.39. The van der Waals surface area contributed by atoms with Crippen molar-refractivity contribution in [3.63, 3.8) is 0 Å². The van der Waals surface area contributed by atoms with Crippen LogP contribution in [0.3, 0.4) is 0 Å². The molecule has 3 aliphatic heterocycles. The minimum absolute atomic E-state index is 0.122. The van der Waals surface area contributed by atoms with Crippen LogP contribution in [0.4, 0.5) is 14.6 Å². The number of anilines is 1. The van der Waals surface area contributed by atoms with E-state index in [0.29, 0.717) is 52.6 Å². The quantitative estimate of drug-likeness (QED) is 0.465. The van der Waals surface area contributed by atoms with Crippen LogP contribution in [0.25, 0.3) is 22.0 Å². The fraction of sp³-hybridized carbons (Fsp3) is 0.364. The first-order valence-corrected chi connectivity index (χ1v) is 14.1. The van der Waals surface area contributed by atoms with E-state index in [4.69, 9.17) is 11.6 Å². The molecule has 0 spiro atoms. The fourth-order valence-corrected chi connectivity index (χ4v) is 8.84. The van der Waals surface area contributed by atoms with E-state index in [9.17, 15) is 22.7 Å². The number of hydrogen-bond acceptors (Lipinski definition) is 7. The highest BCUT2D eigenvalue weighted by Crippen LogP contribution is 2.50. The molecule has 0 amide bonds. The second kappa shape index (κ2) is 8.07. The van der Waals surface area contributed by atoms with E-state index >= 15 is 0 Å². The second-order valence-electron chi connectivity index (χ2n) is 8.76. The molecule has 3 N–H and O–H groups in total. The summed E-state index contributed by atoms with van der Waals surface area (Å²) in [7, 11) is -2.72. The summed E-state index contributed by atoms with van der Waals surface area (Å²) >= 11 is 8.20. The van der Waals surface area contributed by atoms with E-state index < -0.39 is 27.9 Å². The molecule has 0 saturated carbocycles. The van der Waals surface area contributed by atoms with Gasteiger partial charge in [0.05, 0.1) is 28.1 Å². The predicted molar refractivity (Wildman–Crippen MR) is 133 cm³/mol. The smallest absolute Gasteiger partial charge is 0.348 e. The van der Waals surface area contributed by atoms with Crippen LogP contribution in [-0.4, -0.2) is 61.1 Å². The molecule has 4 heterocycles. The number of rotatable bonds is 2. The van der Waals surface area contributed by atoms with Gasteiger partial charge in [0.15, 0.2) is 0 Å². The number of thioether (sulfide) groups is 1. The Hall–Kier alpha value is -1.89. The molecule has 2 saturated heterocycles. The summed E-state index contributed by atoms with van der Waals surface area (Å²) in [5.41, 5.74) is 0.794. The molecule has 34 heavy (non-hydrogen) atoms. The van der Waals surface area contributed by atoms with Gasteiger partial charge in [-0.25, -0.2) is 13.6 Å². The lowest BCUT2D eigenvalue weighted by atomic mass is 10.0. The zero-order chi connectivity index (χ0) is 23.8. The van der Waals surface area contributed by atoms with Crippen LogP contribution >= 0.6 is 34.0 Å². The molecule has 1 aromatic heterocycles. The Morgan fingerprint density at radius 2 is 2.03 bits per heavy atom. The summed E-state index contributed by atoms with van der Waals surface area (Å²) in [6.45, 7) is 1.59. The van der Waals surface area contributed by atoms with E-state index in [-0.39, 0.29) is 34.2 Å². The number of fused-ring (bicyclic) bond motifs is 1. The Balaban J connectivity index is 1.60. The van der Waals surface area contributed by atoms with Crippen molar-refractivity contribution >= 4 is 50.7 Å². The number of aryl methyl sites for hydroxylation is 1. The summed E-state index contributed by atoms with van der Waals surface area (Å²) < 4.78 is 50.6. The Bertz CT molecular complexity index is 1400. The van der Waals surface area contributed by atoms with Gasteiger partial charge in [0.1, 0.15) is 17.5 Å². The van der Waals surface area contributed by atoms with Gasteiger partial charge in [0.2, 0.25) is 0 Å². The minimum atomic E-state index is -2.72. The molecule has 180 valence electrons. The monoisotopic (exact) mass is 526 g/mol. The molecule has 0 bridgehead atoms. The average molecular weight is 527 g/mol. The highest BCUT2D eigenvalue weighted by molar-refractivity contribution is 8.24. The Morgan fingerprint density at radius 1 is 1.21 bits per heavy atom. The molecule has 12 heteroatoms. The first-order valence-electron chi connectivity index (χ1n) is 10.8. The maximum absolute atomic E-state index is 14.8. The molecular weight excluding hydrogens is 506 g/mol. The fourth-order valence-electron chi connectivity index (χ4n) is 5.27. The standard InChI is InChI=1S/C22H21ClF2N4O3S2/c23-14-8-13-19-20(18(14)12-2-1-11(24)7-15(12)25)33-6-5-29(19)22(30)27-21(13)28-4-3-26-16-9-34(31,32)10-17(16)28/h1-2,7-8,16-17,26,31-32H,3-6,9-10H2. The van der Waals surface area contributed by atoms with Crippen molar-refractivity contribution in [2.75, 3.05) is 35.2 Å². The van der Waals surface area contributed by atoms with E-state index in [1.165, 1.54) is 23.9 Å². The third-order valence-electron chi connectivity index (χ3n) is 6.69. The Labute approximate surface area is 204 Å². The second-order valence-corrected chi connectivity index (χ2v) is 12.5. The van der Waals surface area contributed by atoms with Crippen LogP contribution in [0.1, 0.15) is 0 Å². The van der Waals surface area contributed by atoms with Crippen LogP contribution in [0.15, 0.2) is 34.0 Å². The van der Waals surface area contributed by atoms with Gasteiger partial charge >= 0.3 is 5.69 Å². The third kappa shape index (κ3) is 3.52. The maximum atomic E-state index is 14.8. The van der Waals surface area contributed by atoms with E-state index in [0.717, 1.165) is 6.07 Å². The van der Waals surface area contributed by atoms with Crippen LogP contribution in [-0.2, 0) is 6.54 Å². The molecule has 2 fully saturated rings. The van der Waals surface area contributed by atoms with Crippen molar-refractivity contribution < 1.29 is 17.9 Å². The zero-order valence-corrected chi connectivity index (χ0v) is 20.2. The number of hydrogen-bond donors (Lipinski definition) is 3. The maximum Gasteiger partial charge on any atom is 0.350 e. The predicted octanol–water partition coefficient (Wildman–Crippen LogP) is 4.01. The molecule has 2 unspecified atom stereocenters. The van der Waals surface area contributed by atoms with Crippen molar-refractivity contribution in [2.45, 2.75) is 23.5 Å². The largest absolute Gasteiger partial charge is 0.350 e. The highest BCUT2D eigenvalue weighted by atomic mass is 35.5. The average Bonchev–Trinajstić information content (AvgIpc) is 3.11. The number of nitrogens with zero attached hydrogens (tertiary/aromatic N) is 3. The summed E-state index contributed by atoms with van der Waals surface area (Å²) in [6, 6.07) is 4.70. The van der Waals surface area contributed by atoms with Gasteiger partial charge in [-0.1, -0.05) is 11.6 Å². The first kappa shape index (κ1) is 22.6. The molecule has 2 atom stereocenters. The normalized spacial score (nSPS) is 24.3. The molecule has 3 aromatic rings. The summed E-state index contributed by atoms with van der Waals surface area (Å²) in [6.07, 6.45) is 0. The van der Waals surface area contributed by atoms with Gasteiger partial charge in [-0.15, -0.1) is 11.8 Å². The molecule has 3 aliphatic rings. The number of benzene rings is 2. The Kier molecular flexibility index (Phi) is 5.36. The van der Waals surface area contributed by atoms with Crippen molar-refractivity contribution in [3.8, 4) is 11.1 Å². The van der Waals surface area contributed by atoms with Crippen LogP contribution in [0.5, 0.6) is 0 Å². The third-order valence-corrected chi connectivity index (χ3v) is 9.83. The van der Waals surface area contributed by atoms with Crippen molar-refractivity contribution in [1.82, 2.24) is 14.9 Å². The van der Waals surface area contributed by atoms with Gasteiger partial charge in [-0.3, -0.25) is 13.7 Å². The van der Waals surface area contributed by atoms with Gasteiger partial charge in [0.25, 0.3) is 0 Å². The number of aromatic nitrogens is 2. The van der Waals surface area contributed by atoms with Crippen molar-refractivity contribution in [2.24, 2.45) is 0 Å². The molecule has 0 aliphatic carbocycles. The molecule has 0 radical (unpaired) electrons. The van der Waals surface area contributed by atoms with Gasteiger partial charge in [-0.05, 0) is 18.2 Å². The first-order chi connectivity index (χ1) is 16.2. The minimum Gasteiger partial charge on any atom is -0.348 e. The SMILES string of the molecule is O=c1nc(N2CCNC3CS(O)(O)CC32)c2cc(Cl)c(-c3ccc(F)cc3F)c3c2n1CCS3. The van der Waals surface area contributed by atoms with Crippen LogP contribution in [0.2, 0.25) is 5.02 Å². The van der Waals surface area contributed by atoms with Gasteiger partial charge < -0.3 is 10.2 Å². The molecular formula is C22H21ClF2N4O3S2. The number of nitrogens with one attached hydrogen (secondary N) is 1. The summed E-state index contributed by atoms with van der Waals surface area (Å²) in [5, 5.41) is 4.27. The van der Waals surface area contributed by atoms with Crippen LogP contribution < -0.4 is 15.9 Å². The Morgan fingerprint density at radius 3 is 2.82 bits per heavy atom. The zero-order valence-electron chi connectivity index (χ0n) is 17.8. The van der Waals surface area contributed by atoms with E-state index in [1.54, 1.807) is 10.6 Å². The number of piperazine rings is 1. The van der Waals surface area contributed by atoms with Gasteiger partial charge in [0, 0.05) is 58.9 Å². The molecule has 6 rings (SSSR count). The van der Waals surface area contributed by atoms with Crippen LogP contribution in [0, 0.1) is 11.6 Å². The van der Waals surface area contributed by atoms with Crippen molar-refractivity contribution in [1.29, 1.82) is 0 Å². The van der Waals surface area contributed by atoms with E-state index in [1.807, 2.05) is 4.90 Å². The van der Waals surface area contributed by atoms with Crippen molar-refractivity contribution in [3.05, 3.63) is 51.4 Å². The lowest BCUT2D eigenvalue weighted by molar-refractivity contribution is 0.423. The molecule has 7 nitrogen and oxygen atoms in total. The summed E-state index contributed by atoms with van der Waals surface area (Å²) in [4.78, 5) is 20.2. The van der Waals surface area contributed by atoms with E-state index in [2.05, 4.69) is 10.3 Å². The molecule has 2 aromatic carbocycles. The van der Waals surface area contributed by atoms with Gasteiger partial charge in [-0.2, -0.15) is 15.6 Å². The lowest BCUT2D eigenvalue weighted by Crippen LogP contribution is -2.58. The topological polar surface area (TPSA) is 90.6 Å².